The van der Waals surface area contributed by atoms with E-state index in [0.717, 1.165) is 45.7 Å². The zero-order valence-electron chi connectivity index (χ0n) is 97.4. The van der Waals surface area contributed by atoms with Crippen LogP contribution in [0.3, 0.4) is 0 Å². The normalized spacial score (nSPS) is 13.5. The molecule has 0 spiro atoms. The molecule has 9 aromatic carbocycles. The molecule has 0 amide bonds. The summed E-state index contributed by atoms with van der Waals surface area (Å²) in [4.78, 5) is 26.7. The van der Waals surface area contributed by atoms with Crippen molar-refractivity contribution in [3.05, 3.63) is 192 Å². The molecule has 0 saturated carbocycles. The van der Waals surface area contributed by atoms with Crippen LogP contribution in [0.4, 0.5) is 0 Å². The molecular weight excluding hydrogens is 2260 g/mol. The zero-order valence-corrected chi connectivity index (χ0v) is 118. The average Bonchev–Trinajstić information content (AvgIpc) is 1.58. The van der Waals surface area contributed by atoms with E-state index in [1.54, 1.807) is 10.4 Å². The summed E-state index contributed by atoms with van der Waals surface area (Å²) in [5.74, 6) is 0. The van der Waals surface area contributed by atoms with Crippen molar-refractivity contribution in [2.45, 2.75) is 464 Å². The predicted molar refractivity (Wildman–Crippen MR) is 655 cm³/mol. The monoisotopic (exact) mass is 2450 g/mol. The number of halogens is 10. The summed E-state index contributed by atoms with van der Waals surface area (Å²) in [7, 11) is 39.7. The van der Waals surface area contributed by atoms with Crippen LogP contribution < -0.4 is 25.9 Å². The van der Waals surface area contributed by atoms with Crippen LogP contribution in [0.1, 0.15) is 343 Å². The summed E-state index contributed by atoms with van der Waals surface area (Å²) < 4.78 is 23.4. The SMILES string of the molecule is CC(C)(C)[N-][Si](C)(C)[c-]1cc(CCCCCCOC(C)(C)C)c2ccccc21.CC(C)(C)[N-][Si](C)(CCCCCCOC(C)(C)C)[c-]1c2ccccc2c2ccccc21.CC(C)(C)[N-][Si](C)(CCCCCCOC(C)(C)C)[c-]1ccc2ccccc21.CCCCc1cc[c-]([Si](C)(C)[N-]C(C)(C)C)c1.Cc1c(C)c(C)[c-]([Si](C)(CCCCCCOC(C)(C)C)[N-]C(C)(C)C)c1C.[Cl][Ti][Cl].[Cl][Ti][Cl].[Cl][Ti][Cl].[Cl][Ti][Cl].[Cl][Ti][Cl]. The van der Waals surface area contributed by atoms with Gasteiger partial charge in [-0.3, -0.25) is 0 Å². The maximum atomic E-state index is 5.89. The molecule has 3 atom stereocenters. The quantitative estimate of drug-likeness (QED) is 0.0216. The number of aryl methyl sites for hydroxylation is 2. The van der Waals surface area contributed by atoms with Crippen molar-refractivity contribution in [2.75, 3.05) is 26.4 Å². The van der Waals surface area contributed by atoms with Crippen molar-refractivity contribution in [3.63, 3.8) is 0 Å². The molecule has 0 heterocycles. The third kappa shape index (κ3) is 63.0. The third-order valence-electron chi connectivity index (χ3n) is 24.5. The van der Waals surface area contributed by atoms with Crippen molar-refractivity contribution in [1.29, 1.82) is 0 Å². The fraction of sp³-hybridized carbons (Fsp3) is 0.647. The second-order valence-corrected chi connectivity index (χ2v) is 81.2. The van der Waals surface area contributed by atoms with Gasteiger partial charge in [0, 0.05) is 26.4 Å². The summed E-state index contributed by atoms with van der Waals surface area (Å²) in [5.41, 5.74) is 9.00. The van der Waals surface area contributed by atoms with Gasteiger partial charge in [-0.15, -0.1) is 114 Å². The number of benzene rings is 4. The van der Waals surface area contributed by atoms with Crippen molar-refractivity contribution < 1.29 is 104 Å². The first-order valence-electron chi connectivity index (χ1n) is 52.9. The maximum absolute atomic E-state index is 5.89. The second-order valence-electron chi connectivity index (χ2n) is 49.1. The first-order valence-corrected chi connectivity index (χ1v) is 88.2. The van der Waals surface area contributed by atoms with Gasteiger partial charge in [0.15, 0.2) is 0 Å². The summed E-state index contributed by atoms with van der Waals surface area (Å²) in [6.45, 7) is 90.9. The van der Waals surface area contributed by atoms with Gasteiger partial charge in [0.25, 0.3) is 0 Å². The Hall–Kier alpha value is 1.87. The van der Waals surface area contributed by atoms with Crippen LogP contribution in [-0.4, -0.2) is 118 Å². The second kappa shape index (κ2) is 72.2. The van der Waals surface area contributed by atoms with Crippen LogP contribution in [0.2, 0.25) is 64.0 Å². The molecule has 0 radical (unpaired) electrons. The zero-order chi connectivity index (χ0) is 112. The summed E-state index contributed by atoms with van der Waals surface area (Å²) in [6, 6.07) is 53.4. The Kier molecular flexibility index (Phi) is 73.2. The van der Waals surface area contributed by atoms with E-state index >= 15 is 0 Å². The summed E-state index contributed by atoms with van der Waals surface area (Å²) in [5, 5.41) is 18.9. The van der Waals surface area contributed by atoms with Crippen molar-refractivity contribution in [1.82, 2.24) is 0 Å². The number of ether oxygens (including phenoxy) is 4. The molecule has 0 bridgehead atoms. The summed E-state index contributed by atoms with van der Waals surface area (Å²) in [6.07, 6.45) is 24.7. The number of hydrogen-bond donors (Lipinski definition) is 0. The van der Waals surface area contributed by atoms with E-state index in [2.05, 4.69) is 401 Å². The van der Waals surface area contributed by atoms with Gasteiger partial charge >= 0.3 is 178 Å². The predicted octanol–water partition coefficient (Wildman–Crippen LogP) is 40.2. The van der Waals surface area contributed by atoms with Crippen LogP contribution in [0.25, 0.3) is 68.0 Å². The van der Waals surface area contributed by atoms with E-state index in [1.165, 1.54) is 219 Å². The number of rotatable bonds is 41. The van der Waals surface area contributed by atoms with Gasteiger partial charge in [0.05, 0.1) is 22.4 Å². The molecule has 0 aliphatic rings. The molecule has 826 valence electrons. The molecule has 0 aliphatic carbocycles. The topological polar surface area (TPSA) is 107 Å². The Morgan fingerprint density at radius 2 is 0.593 bits per heavy atom. The molecule has 9 nitrogen and oxygen atoms in total. The van der Waals surface area contributed by atoms with Crippen LogP contribution in [0.5, 0.6) is 0 Å². The number of unbranched alkanes of at least 4 members (excludes halogenated alkanes) is 13. The van der Waals surface area contributed by atoms with Gasteiger partial charge in [-0.1, -0.05) is 395 Å². The van der Waals surface area contributed by atoms with Crippen molar-refractivity contribution in [3.8, 4) is 0 Å². The molecule has 3 unspecified atom stereocenters. The molecule has 0 aliphatic heterocycles. The van der Waals surface area contributed by atoms with Gasteiger partial charge in [-0.2, -0.15) is 95.2 Å². The third-order valence-corrected chi connectivity index (χ3v) is 42.9. The van der Waals surface area contributed by atoms with Crippen LogP contribution in [-0.2, 0) is 117 Å². The standard InChI is InChI=1S/C28H41NOSi.C25H41NOSi.C24H39NOSi.C24H45NOSi.C15H27NSi.10ClH.5Ti/c1-27(2,3)29-31(7,21-15-9-8-14-20-30-28(4,5)6)26-24-18-12-10-16-22(24)23-17-11-13-19-25(23)26;1-24(2,3)26-28(7,8)23-19-20(21-16-12-13-17-22(21)23)15-11-9-10-14-18-27-25(4,5)6;1-23(2,3)25-27(7,19-13-9-8-12-18-26-24(4,5)6)22-17-16-20-14-10-11-15-21(20)22;1-18-19(2)21(4)22(20(18)3)27(11,25-23(5,6)7)17-15-13-12-14-16-26-24(8,9)10;1-7-8-9-13-10-11-14(12-13)17(5,6)16-15(2,3)4;;;;;;;;;;;;;;;/h10-13,16-19H,8-9,14-15,20-21H2,1-7H3;12-13,16-17,19H,9-11,14-15,18H2,1-8H3;10-11,14-17H,8-9,12-13,18-19H2,1-7H3;12-17H2,1-11H3;10-12H,7-9H2,1-6H3;10*1H;;;;;/q5*-2;;;;;;;;;;;5*+2/p-10. The van der Waals surface area contributed by atoms with Gasteiger partial charge in [0.2, 0.25) is 0 Å². The van der Waals surface area contributed by atoms with Gasteiger partial charge in [-0.05, 0) is 109 Å². The Bertz CT molecular complexity index is 4840. The number of hydrogen-bond acceptors (Lipinski definition) is 4. The minimum atomic E-state index is -2.04. The Labute approximate surface area is 977 Å². The van der Waals surface area contributed by atoms with Gasteiger partial charge in [-0.25, -0.2) is 6.07 Å². The molecule has 29 heteroatoms. The van der Waals surface area contributed by atoms with Crippen molar-refractivity contribution in [2.24, 2.45) is 0 Å². The van der Waals surface area contributed by atoms with E-state index in [4.69, 9.17) is 137 Å². The van der Waals surface area contributed by atoms with Crippen molar-refractivity contribution >= 4 is 203 Å². The van der Waals surface area contributed by atoms with E-state index in [1.807, 2.05) is 0 Å². The average molecular weight is 2460 g/mol. The summed E-state index contributed by atoms with van der Waals surface area (Å²) >= 11 is -2.78. The molecule has 9 rings (SSSR count). The molecule has 0 fully saturated rings. The first-order chi connectivity index (χ1) is 66.9. The molecule has 0 N–H and O–H groups in total. The fourth-order valence-electron chi connectivity index (χ4n) is 19.5. The number of nitrogens with zero attached hydrogens (tertiary/aromatic N) is 5. The van der Waals surface area contributed by atoms with E-state index in [-0.39, 0.29) is 50.1 Å². The minimum absolute atomic E-state index is 0.0138. The van der Waals surface area contributed by atoms with Crippen LogP contribution >= 0.6 is 93.0 Å². The number of fused-ring (bicyclic) bond motifs is 5. The first kappa shape index (κ1) is 147. The van der Waals surface area contributed by atoms with E-state index in [9.17, 15) is 0 Å². The molecular formula is C116H193Cl10N5O4Si5Ti5-10. The van der Waals surface area contributed by atoms with Gasteiger partial charge in [0.1, 0.15) is 0 Å². The molecule has 9 aromatic rings. The van der Waals surface area contributed by atoms with E-state index < -0.39 is 126 Å². The Balaban J connectivity index is 0.00000174. The van der Waals surface area contributed by atoms with Crippen LogP contribution in [0.15, 0.2) is 133 Å². The molecule has 0 saturated heterocycles. The fourth-order valence-corrected chi connectivity index (χ4v) is 39.1. The van der Waals surface area contributed by atoms with Crippen LogP contribution in [0, 0.1) is 27.7 Å². The molecule has 145 heavy (non-hydrogen) atoms. The van der Waals surface area contributed by atoms with E-state index in [0.29, 0.717) is 0 Å². The Morgan fingerprint density at radius 1 is 0.290 bits per heavy atom. The van der Waals surface area contributed by atoms with Gasteiger partial charge < -0.3 is 43.9 Å². The molecule has 0 aromatic heterocycles. The Morgan fingerprint density at radius 3 is 0.952 bits per heavy atom.